The molecule has 0 amide bonds. The predicted molar refractivity (Wildman–Crippen MR) is 118 cm³/mol. The minimum absolute atomic E-state index is 0.793. The minimum Gasteiger partial charge on any atom is -0.338 e. The van der Waals surface area contributed by atoms with E-state index < -0.39 is 0 Å². The first-order chi connectivity index (χ1) is 13.6. The second-order valence-electron chi connectivity index (χ2n) is 7.28. The first-order valence-electron chi connectivity index (χ1n) is 9.75. The van der Waals surface area contributed by atoms with Crippen LogP contribution >= 0.6 is 0 Å². The van der Waals surface area contributed by atoms with E-state index in [0.29, 0.717) is 0 Å². The molecule has 0 bridgehead atoms. The maximum atomic E-state index is 4.66. The molecule has 4 rings (SSSR count). The number of hydrogen-bond donors (Lipinski definition) is 1. The fourth-order valence-corrected chi connectivity index (χ4v) is 3.62. The Morgan fingerprint density at radius 2 is 1.61 bits per heavy atom. The fourth-order valence-electron chi connectivity index (χ4n) is 3.62. The Balaban J connectivity index is 1.78. The molecule has 0 saturated heterocycles. The van der Waals surface area contributed by atoms with Crippen molar-refractivity contribution in [3.05, 3.63) is 83.2 Å². The average Bonchev–Trinajstić information content (AvgIpc) is 2.71. The van der Waals surface area contributed by atoms with Crippen LogP contribution in [0.15, 0.2) is 60.9 Å². The average molecular weight is 367 g/mol. The summed E-state index contributed by atoms with van der Waals surface area (Å²) in [4.78, 5) is 9.22. The molecule has 3 heteroatoms. The van der Waals surface area contributed by atoms with Crippen molar-refractivity contribution in [2.75, 3.05) is 5.32 Å². The van der Waals surface area contributed by atoms with Gasteiger partial charge in [-0.1, -0.05) is 37.3 Å². The third-order valence-electron chi connectivity index (χ3n) is 5.55. The zero-order valence-corrected chi connectivity index (χ0v) is 16.9. The number of aromatic nitrogens is 2. The molecule has 0 aliphatic heterocycles. The molecule has 140 valence electrons. The summed E-state index contributed by atoms with van der Waals surface area (Å²) in [6.07, 6.45) is 4.76. The number of rotatable bonds is 4. The molecule has 0 unspecified atom stereocenters. The van der Waals surface area contributed by atoms with Crippen molar-refractivity contribution in [1.29, 1.82) is 0 Å². The quantitative estimate of drug-likeness (QED) is 0.446. The molecule has 2 aromatic heterocycles. The topological polar surface area (TPSA) is 37.8 Å². The van der Waals surface area contributed by atoms with Gasteiger partial charge in [0, 0.05) is 23.5 Å². The summed E-state index contributed by atoms with van der Waals surface area (Å²) in [5.74, 6) is 0.793. The largest absolute Gasteiger partial charge is 0.338 e. The lowest BCUT2D eigenvalue weighted by Crippen LogP contribution is -2.00. The van der Waals surface area contributed by atoms with E-state index in [-0.39, 0.29) is 0 Å². The van der Waals surface area contributed by atoms with Crippen LogP contribution in [0.1, 0.15) is 29.2 Å². The Labute approximate surface area is 166 Å². The standard InChI is InChI=1S/C25H25N3/c1-5-19-14-20-12-13-26-25(24(20)27-15-19)28-23-11-7-10-22(18(23)4)21-9-6-8-16(2)17(21)3/h6-15H,5H2,1-4H3,(H,26,28). The van der Waals surface area contributed by atoms with Gasteiger partial charge >= 0.3 is 0 Å². The van der Waals surface area contributed by atoms with E-state index in [4.69, 9.17) is 0 Å². The zero-order chi connectivity index (χ0) is 19.7. The molecule has 0 aliphatic rings. The van der Waals surface area contributed by atoms with Crippen LogP contribution in [0.25, 0.3) is 22.0 Å². The number of aryl methyl sites for hydroxylation is 2. The second kappa shape index (κ2) is 7.43. The van der Waals surface area contributed by atoms with E-state index in [9.17, 15) is 0 Å². The van der Waals surface area contributed by atoms with Gasteiger partial charge in [0.2, 0.25) is 0 Å². The lowest BCUT2D eigenvalue weighted by atomic mass is 9.93. The molecule has 0 fully saturated rings. The Bertz CT molecular complexity index is 1160. The van der Waals surface area contributed by atoms with Gasteiger partial charge in [-0.05, 0) is 78.8 Å². The van der Waals surface area contributed by atoms with Crippen LogP contribution in [-0.4, -0.2) is 9.97 Å². The van der Waals surface area contributed by atoms with Gasteiger partial charge in [-0.3, -0.25) is 4.98 Å². The maximum absolute atomic E-state index is 4.66. The minimum atomic E-state index is 0.793. The molecule has 4 aromatic rings. The number of pyridine rings is 2. The van der Waals surface area contributed by atoms with Gasteiger partial charge in [-0.2, -0.15) is 0 Å². The third-order valence-corrected chi connectivity index (χ3v) is 5.55. The molecule has 28 heavy (non-hydrogen) atoms. The molecule has 2 heterocycles. The van der Waals surface area contributed by atoms with Gasteiger partial charge < -0.3 is 5.32 Å². The molecule has 0 saturated carbocycles. The smallest absolute Gasteiger partial charge is 0.156 e. The second-order valence-corrected chi connectivity index (χ2v) is 7.28. The number of fused-ring (bicyclic) bond motifs is 1. The van der Waals surface area contributed by atoms with Crippen LogP contribution < -0.4 is 5.32 Å². The highest BCUT2D eigenvalue weighted by Gasteiger charge is 2.11. The number of hydrogen-bond acceptors (Lipinski definition) is 3. The fraction of sp³-hybridized carbons (Fsp3) is 0.200. The number of nitrogens with zero attached hydrogens (tertiary/aromatic N) is 2. The third kappa shape index (κ3) is 3.24. The highest BCUT2D eigenvalue weighted by Crippen LogP contribution is 2.33. The first-order valence-corrected chi connectivity index (χ1v) is 9.75. The molecular weight excluding hydrogens is 342 g/mol. The Morgan fingerprint density at radius 3 is 2.39 bits per heavy atom. The van der Waals surface area contributed by atoms with Crippen molar-refractivity contribution in [2.45, 2.75) is 34.1 Å². The van der Waals surface area contributed by atoms with Gasteiger partial charge in [0.15, 0.2) is 5.82 Å². The molecular formula is C25H25N3. The maximum Gasteiger partial charge on any atom is 0.156 e. The summed E-state index contributed by atoms with van der Waals surface area (Å²) in [5, 5.41) is 4.63. The van der Waals surface area contributed by atoms with Crippen molar-refractivity contribution in [2.24, 2.45) is 0 Å². The van der Waals surface area contributed by atoms with Crippen molar-refractivity contribution in [3.8, 4) is 11.1 Å². The van der Waals surface area contributed by atoms with E-state index in [0.717, 1.165) is 28.8 Å². The first kappa shape index (κ1) is 18.2. The summed E-state index contributed by atoms with van der Waals surface area (Å²) in [6, 6.07) is 17.1. The summed E-state index contributed by atoms with van der Waals surface area (Å²) < 4.78 is 0. The number of benzene rings is 2. The number of nitrogens with one attached hydrogen (secondary N) is 1. The van der Waals surface area contributed by atoms with Crippen LogP contribution in [0, 0.1) is 20.8 Å². The van der Waals surface area contributed by atoms with Crippen molar-refractivity contribution < 1.29 is 0 Å². The zero-order valence-electron chi connectivity index (χ0n) is 16.9. The Kier molecular flexibility index (Phi) is 4.82. The molecule has 0 spiro atoms. The predicted octanol–water partition coefficient (Wildman–Crippen LogP) is 6.53. The van der Waals surface area contributed by atoms with Crippen molar-refractivity contribution in [3.63, 3.8) is 0 Å². The van der Waals surface area contributed by atoms with Crippen LogP contribution in [0.3, 0.4) is 0 Å². The molecule has 0 aliphatic carbocycles. The van der Waals surface area contributed by atoms with Crippen LogP contribution in [0.5, 0.6) is 0 Å². The highest BCUT2D eigenvalue weighted by atomic mass is 15.0. The molecule has 3 nitrogen and oxygen atoms in total. The lowest BCUT2D eigenvalue weighted by Gasteiger charge is -2.16. The van der Waals surface area contributed by atoms with E-state index >= 15 is 0 Å². The number of anilines is 2. The van der Waals surface area contributed by atoms with Gasteiger partial charge in [-0.25, -0.2) is 4.98 Å². The molecule has 2 aromatic carbocycles. The molecule has 0 radical (unpaired) electrons. The van der Waals surface area contributed by atoms with E-state index in [1.54, 1.807) is 0 Å². The SMILES string of the molecule is CCc1cnc2c(Nc3cccc(-c4cccc(C)c4C)c3C)nccc2c1. The van der Waals surface area contributed by atoms with E-state index in [2.05, 4.69) is 85.4 Å². The normalized spacial score (nSPS) is 11.0. The van der Waals surface area contributed by atoms with Gasteiger partial charge in [0.05, 0.1) is 0 Å². The van der Waals surface area contributed by atoms with Crippen molar-refractivity contribution >= 4 is 22.4 Å². The van der Waals surface area contributed by atoms with Crippen LogP contribution in [0.2, 0.25) is 0 Å². The van der Waals surface area contributed by atoms with Gasteiger partial charge in [0.1, 0.15) is 5.52 Å². The van der Waals surface area contributed by atoms with Crippen LogP contribution in [-0.2, 0) is 6.42 Å². The summed E-state index contributed by atoms with van der Waals surface area (Å²) in [5.41, 5.74) is 9.54. The summed E-state index contributed by atoms with van der Waals surface area (Å²) >= 11 is 0. The lowest BCUT2D eigenvalue weighted by molar-refractivity contribution is 1.12. The Morgan fingerprint density at radius 1 is 0.857 bits per heavy atom. The summed E-state index contributed by atoms with van der Waals surface area (Å²) in [7, 11) is 0. The van der Waals surface area contributed by atoms with Gasteiger partial charge in [-0.15, -0.1) is 0 Å². The monoisotopic (exact) mass is 367 g/mol. The van der Waals surface area contributed by atoms with E-state index in [1.807, 2.05) is 18.5 Å². The van der Waals surface area contributed by atoms with Gasteiger partial charge in [0.25, 0.3) is 0 Å². The highest BCUT2D eigenvalue weighted by molar-refractivity contribution is 5.91. The van der Waals surface area contributed by atoms with Crippen molar-refractivity contribution in [1.82, 2.24) is 9.97 Å². The summed E-state index contributed by atoms with van der Waals surface area (Å²) in [6.45, 7) is 8.65. The van der Waals surface area contributed by atoms with E-state index in [1.165, 1.54) is 33.4 Å². The van der Waals surface area contributed by atoms with Crippen LogP contribution in [0.4, 0.5) is 11.5 Å². The Hall–Kier alpha value is -3.20. The molecule has 0 atom stereocenters. The molecule has 1 N–H and O–H groups in total.